The highest BCUT2D eigenvalue weighted by Gasteiger charge is 2.33. The van der Waals surface area contributed by atoms with Crippen LogP contribution in [0.4, 0.5) is 13.2 Å². The first kappa shape index (κ1) is 29.1. The van der Waals surface area contributed by atoms with E-state index < -0.39 is 17.7 Å². The Morgan fingerprint density at radius 3 is 2.37 bits per heavy atom. The Labute approximate surface area is 215 Å². The van der Waals surface area contributed by atoms with Crippen molar-refractivity contribution in [1.82, 2.24) is 4.57 Å². The molecule has 1 N–H and O–H groups in total. The maximum atomic E-state index is 13.1. The Balaban J connectivity index is 0.00000100. The van der Waals surface area contributed by atoms with Crippen molar-refractivity contribution in [1.29, 1.82) is 0 Å². The second kappa shape index (κ2) is 12.7. The smallest absolute Gasteiger partial charge is 0.416 e. The van der Waals surface area contributed by atoms with Crippen molar-refractivity contribution < 1.29 is 23.1 Å². The van der Waals surface area contributed by atoms with Gasteiger partial charge in [-0.05, 0) is 74.4 Å². The van der Waals surface area contributed by atoms with Crippen molar-refractivity contribution in [2.45, 2.75) is 77.4 Å². The number of carbonyl (C=O) groups is 1. The van der Waals surface area contributed by atoms with Gasteiger partial charge >= 0.3 is 12.1 Å². The summed E-state index contributed by atoms with van der Waals surface area (Å²) in [5, 5.41) is 10.1. The number of carboxylic acids is 1. The normalized spacial score (nSPS) is 16.7. The first-order valence-electron chi connectivity index (χ1n) is 11.6. The average Bonchev–Trinajstić information content (AvgIpc) is 3.16. The predicted molar refractivity (Wildman–Crippen MR) is 137 cm³/mol. The van der Waals surface area contributed by atoms with Gasteiger partial charge in [0, 0.05) is 27.9 Å². The lowest BCUT2D eigenvalue weighted by molar-refractivity contribution is -0.138. The lowest BCUT2D eigenvalue weighted by Crippen LogP contribution is -2.22. The molecule has 1 aliphatic rings. The number of carboxylic acid groups (broad SMARTS) is 1. The zero-order valence-electron chi connectivity index (χ0n) is 20.3. The summed E-state index contributed by atoms with van der Waals surface area (Å²) in [6.45, 7) is 8.99. The molecular weight excluding hydrogens is 498 g/mol. The fraction of sp³-hybridized carbons (Fsp3) is 0.444. The Bertz CT molecular complexity index is 1050. The highest BCUT2D eigenvalue weighted by molar-refractivity contribution is 6.28. The molecule has 0 spiro atoms. The number of rotatable bonds is 7. The molecule has 0 saturated heterocycles. The molecule has 192 valence electrons. The second-order valence-electron chi connectivity index (χ2n) is 8.89. The number of hydrogen-bond donors (Lipinski definition) is 1. The van der Waals surface area contributed by atoms with Crippen LogP contribution in [-0.2, 0) is 17.4 Å². The van der Waals surface area contributed by atoms with Crippen LogP contribution < -0.4 is 0 Å². The molecule has 1 aromatic heterocycles. The van der Waals surface area contributed by atoms with Crippen LogP contribution in [0.2, 0.25) is 0 Å². The number of halogens is 5. The van der Waals surface area contributed by atoms with E-state index in [1.54, 1.807) is 6.92 Å². The minimum Gasteiger partial charge on any atom is -0.481 e. The van der Waals surface area contributed by atoms with E-state index in [0.717, 1.165) is 72.3 Å². The van der Waals surface area contributed by atoms with Gasteiger partial charge in [-0.1, -0.05) is 55.3 Å². The van der Waals surface area contributed by atoms with Crippen molar-refractivity contribution in [3.63, 3.8) is 0 Å². The molecule has 0 amide bonds. The number of aromatic nitrogens is 1. The maximum Gasteiger partial charge on any atom is 0.416 e. The lowest BCUT2D eigenvalue weighted by Gasteiger charge is -2.30. The van der Waals surface area contributed by atoms with E-state index in [1.165, 1.54) is 17.7 Å². The second-order valence-corrected chi connectivity index (χ2v) is 9.75. The Morgan fingerprint density at radius 2 is 1.89 bits per heavy atom. The van der Waals surface area contributed by atoms with Gasteiger partial charge in [0.2, 0.25) is 0 Å². The summed E-state index contributed by atoms with van der Waals surface area (Å²) < 4.78 is 41.4. The molecule has 2 aromatic rings. The summed E-state index contributed by atoms with van der Waals surface area (Å²) >= 11 is 11.1. The van der Waals surface area contributed by atoms with Crippen LogP contribution in [0.15, 0.2) is 47.5 Å². The number of hydrogen-bond acceptors (Lipinski definition) is 1. The standard InChI is InChI=1S/C24H27ClF3NO2.C3H5Cl/c1-3-5-20(16-8-10-19(11-9-16)24(26,27)28)29-21(15(2)14-25)12-17-6-4-7-18(23(17)29)13-22(30)31;1-3(2)4/h8-12,14,18,20H,3-7,13H2,1-2H3,(H,30,31);1H2,2H3/b15-14-;. The Morgan fingerprint density at radius 1 is 1.29 bits per heavy atom. The van der Waals surface area contributed by atoms with Gasteiger partial charge in [0.05, 0.1) is 18.0 Å². The summed E-state index contributed by atoms with van der Waals surface area (Å²) in [5.74, 6) is -0.981. The number of nitrogens with zero attached hydrogens (tertiary/aromatic N) is 1. The van der Waals surface area contributed by atoms with Crippen molar-refractivity contribution in [2.75, 3.05) is 0 Å². The predicted octanol–water partition coefficient (Wildman–Crippen LogP) is 9.15. The van der Waals surface area contributed by atoms with Crippen LogP contribution in [0.25, 0.3) is 5.57 Å². The van der Waals surface area contributed by atoms with Crippen LogP contribution in [-0.4, -0.2) is 15.6 Å². The first-order valence-corrected chi connectivity index (χ1v) is 12.4. The van der Waals surface area contributed by atoms with E-state index in [4.69, 9.17) is 23.2 Å². The molecule has 0 aliphatic heterocycles. The maximum absolute atomic E-state index is 13.1. The van der Waals surface area contributed by atoms with E-state index in [0.29, 0.717) is 5.03 Å². The van der Waals surface area contributed by atoms with Crippen LogP contribution in [0.1, 0.15) is 92.9 Å². The molecule has 1 heterocycles. The van der Waals surface area contributed by atoms with Gasteiger partial charge in [0.25, 0.3) is 0 Å². The molecule has 0 saturated carbocycles. The molecule has 1 aromatic carbocycles. The molecule has 0 bridgehead atoms. The number of alkyl halides is 3. The summed E-state index contributed by atoms with van der Waals surface area (Å²) in [6, 6.07) is 7.18. The third-order valence-corrected chi connectivity index (χ3v) is 6.36. The SMILES string of the molecule is C=C(C)Cl.CCCC(c1ccc(C(F)(F)F)cc1)n1c(/C(C)=C\Cl)cc2c1C(CC(=O)O)CCC2. The minimum absolute atomic E-state index is 0.0337. The summed E-state index contributed by atoms with van der Waals surface area (Å²) in [4.78, 5) is 11.5. The van der Waals surface area contributed by atoms with Gasteiger partial charge in [-0.2, -0.15) is 13.2 Å². The van der Waals surface area contributed by atoms with Crippen molar-refractivity contribution in [3.8, 4) is 0 Å². The molecule has 35 heavy (non-hydrogen) atoms. The van der Waals surface area contributed by atoms with Crippen LogP contribution in [0.5, 0.6) is 0 Å². The molecule has 3 nitrogen and oxygen atoms in total. The number of aliphatic carboxylic acids is 1. The van der Waals surface area contributed by atoms with Crippen molar-refractivity contribution in [3.05, 3.63) is 75.6 Å². The molecule has 1 aliphatic carbocycles. The average molecular weight is 530 g/mol. The van der Waals surface area contributed by atoms with E-state index >= 15 is 0 Å². The van der Waals surface area contributed by atoms with Gasteiger partial charge in [-0.3, -0.25) is 4.79 Å². The Kier molecular flexibility index (Phi) is 10.5. The molecular formula is C27H32Cl2F3NO2. The fourth-order valence-electron chi connectivity index (χ4n) is 4.65. The van der Waals surface area contributed by atoms with Crippen LogP contribution in [0, 0.1) is 0 Å². The van der Waals surface area contributed by atoms with Crippen LogP contribution >= 0.6 is 23.2 Å². The summed E-state index contributed by atoms with van der Waals surface area (Å²) in [5.41, 5.74) is 5.43. The fourth-order valence-corrected chi connectivity index (χ4v) is 4.76. The summed E-state index contributed by atoms with van der Waals surface area (Å²) in [7, 11) is 0. The number of fused-ring (bicyclic) bond motifs is 1. The van der Waals surface area contributed by atoms with Crippen molar-refractivity contribution >= 4 is 34.7 Å². The quantitative estimate of drug-likeness (QED) is 0.388. The lowest BCUT2D eigenvalue weighted by atomic mass is 9.85. The van der Waals surface area contributed by atoms with E-state index in [9.17, 15) is 23.1 Å². The highest BCUT2D eigenvalue weighted by Crippen LogP contribution is 2.42. The van der Waals surface area contributed by atoms with Gasteiger partial charge in [-0.15, -0.1) is 0 Å². The highest BCUT2D eigenvalue weighted by atomic mass is 35.5. The van der Waals surface area contributed by atoms with Crippen LogP contribution in [0.3, 0.4) is 0 Å². The minimum atomic E-state index is -4.39. The zero-order valence-corrected chi connectivity index (χ0v) is 21.8. The first-order chi connectivity index (χ1) is 16.4. The zero-order chi connectivity index (χ0) is 26.3. The molecule has 3 rings (SSSR count). The number of allylic oxidation sites excluding steroid dienone is 2. The van der Waals surface area contributed by atoms with Crippen molar-refractivity contribution in [2.24, 2.45) is 0 Å². The molecule has 2 unspecified atom stereocenters. The van der Waals surface area contributed by atoms with Gasteiger partial charge < -0.3 is 9.67 Å². The van der Waals surface area contributed by atoms with E-state index in [2.05, 4.69) is 17.2 Å². The number of benzene rings is 1. The van der Waals surface area contributed by atoms with E-state index in [1.807, 2.05) is 13.8 Å². The molecule has 8 heteroatoms. The van der Waals surface area contributed by atoms with Gasteiger partial charge in [0.1, 0.15) is 0 Å². The van der Waals surface area contributed by atoms with E-state index in [-0.39, 0.29) is 18.4 Å². The summed E-state index contributed by atoms with van der Waals surface area (Å²) in [6.07, 6.45) is -0.269. The molecule has 0 radical (unpaired) electrons. The largest absolute Gasteiger partial charge is 0.481 e. The Hall–Kier alpha value is -2.18. The molecule has 2 atom stereocenters. The topological polar surface area (TPSA) is 42.2 Å². The monoisotopic (exact) mass is 529 g/mol. The third-order valence-electron chi connectivity index (χ3n) is 6.03. The third kappa shape index (κ3) is 7.65. The molecule has 0 fully saturated rings. The number of aryl methyl sites for hydroxylation is 1. The van der Waals surface area contributed by atoms with Gasteiger partial charge in [0.15, 0.2) is 0 Å². The van der Waals surface area contributed by atoms with Gasteiger partial charge in [-0.25, -0.2) is 0 Å².